The van der Waals surface area contributed by atoms with Crippen LogP contribution in [0.1, 0.15) is 13.8 Å². The van der Waals surface area contributed by atoms with Gasteiger partial charge in [0.15, 0.2) is 23.3 Å². The van der Waals surface area contributed by atoms with Crippen LogP contribution in [-0.2, 0) is 18.5 Å². The van der Waals surface area contributed by atoms with E-state index in [1.807, 2.05) is 77.1 Å². The monoisotopic (exact) mass is 880 g/mol. The Balaban J connectivity index is 0.969. The highest BCUT2D eigenvalue weighted by molar-refractivity contribution is 7.23. The number of nitrogens with zero attached hydrogens (tertiary/aromatic N) is 8. The van der Waals surface area contributed by atoms with E-state index in [2.05, 4.69) is 95.3 Å². The molecule has 0 aliphatic carbocycles. The summed E-state index contributed by atoms with van der Waals surface area (Å²) in [6.45, 7) is 4.71. The first-order chi connectivity index (χ1) is 31.4. The topological polar surface area (TPSA) is 141 Å². The molecular weight excluding hydrogens is 837 g/mol. The van der Waals surface area contributed by atoms with Crippen molar-refractivity contribution in [1.82, 2.24) is 39.0 Å². The summed E-state index contributed by atoms with van der Waals surface area (Å²) in [5.41, 5.74) is 6.47. The molecule has 64 heavy (non-hydrogen) atoms. The number of nitrogens with one attached hydrogen (secondary N) is 2. The van der Waals surface area contributed by atoms with Gasteiger partial charge in [-0.2, -0.15) is 0 Å². The molecule has 3 N–H and O–H groups in total. The largest absolute Gasteiger partial charge is 0.392 e. The third kappa shape index (κ3) is 8.15. The molecule has 0 spiro atoms. The van der Waals surface area contributed by atoms with Crippen molar-refractivity contribution in [3.8, 4) is 66.4 Å². The number of aliphatic hydroxyl groups excluding tert-OH is 1. The highest BCUT2D eigenvalue weighted by atomic mass is 32.1. The lowest BCUT2D eigenvalue weighted by molar-refractivity contribution is 0.0734. The molecule has 4 aromatic carbocycles. The third-order valence-electron chi connectivity index (χ3n) is 10.8. The molecule has 6 aromatic heterocycles. The van der Waals surface area contributed by atoms with Gasteiger partial charge < -0.3 is 29.6 Å². The van der Waals surface area contributed by atoms with E-state index in [1.54, 1.807) is 42.0 Å². The standard InChI is InChI=1S/C50H44N10O2S2/c1-31(54-44-40-38(34-18-10-5-11-19-34)42(36-22-14-7-15-23-36)64-50(40)57-45(56-44)47-51-24-26-59(47)3)29-62-30-60-27-25-52-48(60)46-55-43(53-28-32(2)61)39-37(33-16-8-4-9-17-33)41(63-49(39)58-46)35-20-12-6-13-21-35/h4-27,31-32,61H,28-30H2,1-3H3,(H,53,55,58)(H,54,56,57). The molecule has 12 nitrogen and oxygen atoms in total. The molecule has 0 saturated heterocycles. The van der Waals surface area contributed by atoms with Crippen LogP contribution >= 0.6 is 22.7 Å². The molecule has 0 radical (unpaired) electrons. The third-order valence-corrected chi connectivity index (χ3v) is 13.0. The van der Waals surface area contributed by atoms with Gasteiger partial charge in [-0.3, -0.25) is 0 Å². The maximum Gasteiger partial charge on any atom is 0.199 e. The second-order valence-corrected chi connectivity index (χ2v) is 17.6. The predicted molar refractivity (Wildman–Crippen MR) is 259 cm³/mol. The summed E-state index contributed by atoms with van der Waals surface area (Å²) in [6, 6.07) is 41.4. The molecule has 0 bridgehead atoms. The zero-order valence-corrected chi connectivity index (χ0v) is 37.0. The van der Waals surface area contributed by atoms with E-state index in [9.17, 15) is 5.11 Å². The van der Waals surface area contributed by atoms with Crippen LogP contribution in [0.5, 0.6) is 0 Å². The first-order valence-corrected chi connectivity index (χ1v) is 22.7. The first-order valence-electron chi connectivity index (χ1n) is 21.1. The Labute approximate surface area is 378 Å². The van der Waals surface area contributed by atoms with E-state index in [0.717, 1.165) is 63.6 Å². The van der Waals surface area contributed by atoms with E-state index in [-0.39, 0.29) is 12.8 Å². The number of benzene rings is 4. The number of hydrogen-bond donors (Lipinski definition) is 3. The van der Waals surface area contributed by atoms with Crippen molar-refractivity contribution in [3.05, 3.63) is 146 Å². The maximum atomic E-state index is 10.4. The van der Waals surface area contributed by atoms with Crippen LogP contribution in [0.25, 0.3) is 86.9 Å². The number of aryl methyl sites for hydroxylation is 1. The quantitative estimate of drug-likeness (QED) is 0.0911. The molecule has 6 heterocycles. The van der Waals surface area contributed by atoms with Crippen molar-refractivity contribution >= 4 is 54.7 Å². The maximum absolute atomic E-state index is 10.4. The lowest BCUT2D eigenvalue weighted by Gasteiger charge is -2.18. The van der Waals surface area contributed by atoms with Crippen LogP contribution in [0, 0.1) is 0 Å². The molecule has 0 aliphatic rings. The van der Waals surface area contributed by atoms with Crippen molar-refractivity contribution in [3.63, 3.8) is 0 Å². The van der Waals surface area contributed by atoms with Gasteiger partial charge in [-0.15, -0.1) is 22.7 Å². The molecule has 10 rings (SSSR count). The van der Waals surface area contributed by atoms with Crippen molar-refractivity contribution < 1.29 is 9.84 Å². The van der Waals surface area contributed by atoms with Crippen molar-refractivity contribution in [2.75, 3.05) is 23.8 Å². The fourth-order valence-electron chi connectivity index (χ4n) is 7.83. The molecule has 0 fully saturated rings. The summed E-state index contributed by atoms with van der Waals surface area (Å²) < 4.78 is 10.3. The van der Waals surface area contributed by atoms with Crippen LogP contribution in [-0.4, -0.2) is 69.4 Å². The first kappa shape index (κ1) is 40.9. The van der Waals surface area contributed by atoms with Gasteiger partial charge in [0.25, 0.3) is 0 Å². The number of imidazole rings is 2. The molecule has 10 aromatic rings. The molecule has 14 heteroatoms. The Bertz CT molecular complexity index is 3180. The van der Waals surface area contributed by atoms with Crippen molar-refractivity contribution in [2.45, 2.75) is 32.7 Å². The Morgan fingerprint density at radius 1 is 0.609 bits per heavy atom. The van der Waals surface area contributed by atoms with Gasteiger partial charge in [0.2, 0.25) is 0 Å². The number of thiophene rings is 2. The smallest absolute Gasteiger partial charge is 0.199 e. The fraction of sp³-hybridized carbons (Fsp3) is 0.160. The van der Waals surface area contributed by atoms with Gasteiger partial charge >= 0.3 is 0 Å². The fourth-order valence-corrected chi connectivity index (χ4v) is 10.2. The van der Waals surface area contributed by atoms with Gasteiger partial charge in [-0.25, -0.2) is 29.9 Å². The SMILES string of the molecule is CC(O)CNc1nc(-c2nccn2COCC(C)Nc2nc(-c3nccn3C)nc3sc(-c4ccccc4)c(-c4ccccc4)c23)nc2sc(-c3ccccc3)c(-c3ccccc3)c12. The van der Waals surface area contributed by atoms with Crippen LogP contribution in [0.3, 0.4) is 0 Å². The molecular formula is C50H44N10O2S2. The Kier molecular flexibility index (Phi) is 11.5. The Hall–Kier alpha value is -7.10. The molecule has 2 atom stereocenters. The summed E-state index contributed by atoms with van der Waals surface area (Å²) in [5.74, 6) is 3.57. The molecule has 0 amide bonds. The second-order valence-electron chi connectivity index (χ2n) is 15.6. The highest BCUT2D eigenvalue weighted by Crippen LogP contribution is 2.48. The number of anilines is 2. The van der Waals surface area contributed by atoms with Gasteiger partial charge in [-0.1, -0.05) is 121 Å². The molecule has 318 valence electrons. The van der Waals surface area contributed by atoms with Crippen molar-refractivity contribution in [1.29, 1.82) is 0 Å². The predicted octanol–water partition coefficient (Wildman–Crippen LogP) is 10.9. The minimum Gasteiger partial charge on any atom is -0.392 e. The minimum absolute atomic E-state index is 0.161. The average molecular weight is 881 g/mol. The number of ether oxygens (including phenoxy) is 1. The van der Waals surface area contributed by atoms with Gasteiger partial charge in [-0.05, 0) is 36.1 Å². The van der Waals surface area contributed by atoms with E-state index in [1.165, 1.54) is 0 Å². The zero-order chi connectivity index (χ0) is 43.6. The highest BCUT2D eigenvalue weighted by Gasteiger charge is 2.26. The van der Waals surface area contributed by atoms with E-state index in [0.29, 0.717) is 48.1 Å². The molecule has 2 unspecified atom stereocenters. The van der Waals surface area contributed by atoms with Gasteiger partial charge in [0.05, 0.1) is 23.5 Å². The van der Waals surface area contributed by atoms with Crippen molar-refractivity contribution in [2.24, 2.45) is 7.05 Å². The molecule has 0 saturated carbocycles. The lowest BCUT2D eigenvalue weighted by atomic mass is 9.99. The normalized spacial score (nSPS) is 12.5. The number of hydrogen-bond acceptors (Lipinski definition) is 12. The minimum atomic E-state index is -0.595. The van der Waals surface area contributed by atoms with Crippen LogP contribution in [0.15, 0.2) is 146 Å². The van der Waals surface area contributed by atoms with Gasteiger partial charge in [0, 0.05) is 65.3 Å². The Morgan fingerprint density at radius 2 is 1.09 bits per heavy atom. The van der Waals surface area contributed by atoms with Crippen LogP contribution < -0.4 is 10.6 Å². The number of aromatic nitrogens is 8. The second kappa shape index (κ2) is 17.9. The summed E-state index contributed by atoms with van der Waals surface area (Å²) in [5, 5.41) is 19.4. The summed E-state index contributed by atoms with van der Waals surface area (Å²) in [6.07, 6.45) is 6.67. The van der Waals surface area contributed by atoms with Crippen LogP contribution in [0.2, 0.25) is 0 Å². The van der Waals surface area contributed by atoms with E-state index < -0.39 is 6.10 Å². The van der Waals surface area contributed by atoms with Gasteiger partial charge in [0.1, 0.15) is 28.0 Å². The number of fused-ring (bicyclic) bond motifs is 2. The van der Waals surface area contributed by atoms with Crippen LogP contribution in [0.4, 0.5) is 11.6 Å². The van der Waals surface area contributed by atoms with E-state index >= 15 is 0 Å². The number of aliphatic hydroxyl groups is 1. The number of rotatable bonds is 15. The lowest BCUT2D eigenvalue weighted by Crippen LogP contribution is -2.23. The average Bonchev–Trinajstić information content (AvgIpc) is 4.14. The summed E-state index contributed by atoms with van der Waals surface area (Å²) >= 11 is 3.27. The molecule has 0 aliphatic heterocycles. The van der Waals surface area contributed by atoms with E-state index in [4.69, 9.17) is 29.7 Å². The summed E-state index contributed by atoms with van der Waals surface area (Å²) in [4.78, 5) is 33.7. The summed E-state index contributed by atoms with van der Waals surface area (Å²) in [7, 11) is 1.95. The zero-order valence-electron chi connectivity index (χ0n) is 35.4. The Morgan fingerprint density at radius 3 is 1.62 bits per heavy atom.